The zero-order valence-electron chi connectivity index (χ0n) is 16.8. The molecular weight excluding hydrogens is 412 g/mol. The molecule has 11 heteroatoms. The first-order chi connectivity index (χ1) is 14.0. The molecule has 3 atom stereocenters. The van der Waals surface area contributed by atoms with Gasteiger partial charge in [-0.2, -0.15) is 12.6 Å². The number of carboxylic acids is 1. The van der Waals surface area contributed by atoms with Crippen LogP contribution in [0.4, 0.5) is 0 Å². The molecule has 3 unspecified atom stereocenters. The summed E-state index contributed by atoms with van der Waals surface area (Å²) in [4.78, 5) is 48.1. The predicted octanol–water partition coefficient (Wildman–Crippen LogP) is -0.982. The van der Waals surface area contributed by atoms with Crippen LogP contribution in [0.15, 0.2) is 24.3 Å². The maximum atomic E-state index is 12.8. The quantitative estimate of drug-likeness (QED) is 0.217. The maximum absolute atomic E-state index is 12.8. The molecular formula is C19H28N4O6S. The third kappa shape index (κ3) is 8.29. The molecule has 0 fully saturated rings. The summed E-state index contributed by atoms with van der Waals surface area (Å²) in [7, 11) is 0. The van der Waals surface area contributed by atoms with Crippen LogP contribution in [0.25, 0.3) is 0 Å². The summed E-state index contributed by atoms with van der Waals surface area (Å²) in [5.41, 5.74) is 6.27. The molecule has 0 saturated carbocycles. The van der Waals surface area contributed by atoms with Crippen molar-refractivity contribution in [3.8, 4) is 5.75 Å². The van der Waals surface area contributed by atoms with E-state index in [1.807, 2.05) is 0 Å². The molecule has 0 radical (unpaired) electrons. The van der Waals surface area contributed by atoms with Crippen LogP contribution in [0.5, 0.6) is 5.75 Å². The van der Waals surface area contributed by atoms with Gasteiger partial charge in [0.05, 0.1) is 6.04 Å². The summed E-state index contributed by atoms with van der Waals surface area (Å²) in [6, 6.07) is 3.06. The SMILES string of the molecule is CC(C)C(NC(=O)C(N)CS)C(=O)NC(Cc1ccc(O)cc1)C(=O)NCC(=O)O. The monoisotopic (exact) mass is 440 g/mol. The highest BCUT2D eigenvalue weighted by Gasteiger charge is 2.30. The van der Waals surface area contributed by atoms with Crippen LogP contribution < -0.4 is 21.7 Å². The fourth-order valence-corrected chi connectivity index (χ4v) is 2.67. The number of thiol groups is 1. The number of rotatable bonds is 11. The zero-order chi connectivity index (χ0) is 22.8. The second-order valence-electron chi connectivity index (χ2n) is 7.06. The van der Waals surface area contributed by atoms with Crippen molar-refractivity contribution in [2.45, 2.75) is 38.4 Å². The molecule has 10 nitrogen and oxygen atoms in total. The highest BCUT2D eigenvalue weighted by Crippen LogP contribution is 2.12. The van der Waals surface area contributed by atoms with Gasteiger partial charge in [-0.15, -0.1) is 0 Å². The normalized spacial score (nSPS) is 13.8. The van der Waals surface area contributed by atoms with Crippen LogP contribution in [-0.4, -0.2) is 64.3 Å². The number of phenols is 1. The maximum Gasteiger partial charge on any atom is 0.322 e. The Hall–Kier alpha value is -2.79. The lowest BCUT2D eigenvalue weighted by atomic mass is 10.0. The number of hydrogen-bond donors (Lipinski definition) is 7. The third-order valence-electron chi connectivity index (χ3n) is 4.20. The second kappa shape index (κ2) is 12.0. The standard InChI is InChI=1S/C19H28N4O6S/c1-10(2)16(23-17(27)13(20)9-30)19(29)22-14(18(28)21-8-15(25)26)7-11-3-5-12(24)6-4-11/h3-6,10,13-14,16,24,30H,7-9,20H2,1-2H3,(H,21,28)(H,22,29)(H,23,27)(H,25,26). The summed E-state index contributed by atoms with van der Waals surface area (Å²) < 4.78 is 0. The van der Waals surface area contributed by atoms with Crippen molar-refractivity contribution in [2.24, 2.45) is 11.7 Å². The van der Waals surface area contributed by atoms with E-state index in [2.05, 4.69) is 28.6 Å². The minimum atomic E-state index is -1.23. The number of carbonyl (C=O) groups is 4. The summed E-state index contributed by atoms with van der Waals surface area (Å²) in [6.07, 6.45) is 0.0480. The molecule has 1 rings (SSSR count). The summed E-state index contributed by atoms with van der Waals surface area (Å²) >= 11 is 3.96. The van der Waals surface area contributed by atoms with Gasteiger partial charge in [-0.1, -0.05) is 26.0 Å². The average Bonchev–Trinajstić information content (AvgIpc) is 2.69. The molecule has 30 heavy (non-hydrogen) atoms. The van der Waals surface area contributed by atoms with Crippen LogP contribution in [-0.2, 0) is 25.6 Å². The number of benzene rings is 1. The van der Waals surface area contributed by atoms with Gasteiger partial charge in [-0.3, -0.25) is 19.2 Å². The third-order valence-corrected chi connectivity index (χ3v) is 4.60. The first kappa shape index (κ1) is 25.2. The molecule has 0 aliphatic heterocycles. The smallest absolute Gasteiger partial charge is 0.322 e. The molecule has 1 aromatic carbocycles. The van der Waals surface area contributed by atoms with Gasteiger partial charge in [0.1, 0.15) is 24.4 Å². The molecule has 0 aromatic heterocycles. The number of carbonyl (C=O) groups excluding carboxylic acids is 3. The Labute approximate surface area is 180 Å². The number of amides is 3. The van der Waals surface area contributed by atoms with Crippen molar-refractivity contribution >= 4 is 36.3 Å². The molecule has 1 aromatic rings. The summed E-state index contributed by atoms with van der Waals surface area (Å²) in [5.74, 6) is -3.26. The Balaban J connectivity index is 2.99. The van der Waals surface area contributed by atoms with E-state index in [1.165, 1.54) is 12.1 Å². The Bertz CT molecular complexity index is 756. The van der Waals surface area contributed by atoms with Gasteiger partial charge in [-0.05, 0) is 23.6 Å². The fourth-order valence-electron chi connectivity index (χ4n) is 2.50. The van der Waals surface area contributed by atoms with E-state index in [9.17, 15) is 24.3 Å². The van der Waals surface area contributed by atoms with E-state index in [0.29, 0.717) is 5.56 Å². The molecule has 0 spiro atoms. The lowest BCUT2D eigenvalue weighted by molar-refractivity contribution is -0.138. The number of phenolic OH excluding ortho intramolecular Hbond substituents is 1. The molecule has 0 heterocycles. The van der Waals surface area contributed by atoms with E-state index < -0.39 is 48.4 Å². The Morgan fingerprint density at radius 2 is 1.63 bits per heavy atom. The largest absolute Gasteiger partial charge is 0.508 e. The van der Waals surface area contributed by atoms with Crippen molar-refractivity contribution in [1.29, 1.82) is 0 Å². The van der Waals surface area contributed by atoms with Crippen LogP contribution >= 0.6 is 12.6 Å². The number of carboxylic acid groups (broad SMARTS) is 1. The lowest BCUT2D eigenvalue weighted by Gasteiger charge is -2.26. The lowest BCUT2D eigenvalue weighted by Crippen LogP contribution is -2.58. The van der Waals surface area contributed by atoms with Gasteiger partial charge < -0.3 is 31.9 Å². The second-order valence-corrected chi connectivity index (χ2v) is 7.43. The predicted molar refractivity (Wildman–Crippen MR) is 113 cm³/mol. The van der Waals surface area contributed by atoms with Crippen LogP contribution in [0.1, 0.15) is 19.4 Å². The average molecular weight is 441 g/mol. The highest BCUT2D eigenvalue weighted by molar-refractivity contribution is 7.80. The first-order valence-corrected chi connectivity index (χ1v) is 9.93. The molecule has 7 N–H and O–H groups in total. The van der Waals surface area contributed by atoms with E-state index in [4.69, 9.17) is 10.8 Å². The van der Waals surface area contributed by atoms with Gasteiger partial charge >= 0.3 is 5.97 Å². The number of aromatic hydroxyl groups is 1. The summed E-state index contributed by atoms with van der Waals surface area (Å²) in [5, 5.41) is 25.5. The molecule has 0 saturated heterocycles. The minimum absolute atomic E-state index is 0.0396. The van der Waals surface area contributed by atoms with Gasteiger partial charge in [-0.25, -0.2) is 0 Å². The minimum Gasteiger partial charge on any atom is -0.508 e. The Morgan fingerprint density at radius 3 is 2.13 bits per heavy atom. The number of nitrogens with one attached hydrogen (secondary N) is 3. The van der Waals surface area contributed by atoms with E-state index in [0.717, 1.165) is 0 Å². The zero-order valence-corrected chi connectivity index (χ0v) is 17.7. The molecule has 166 valence electrons. The van der Waals surface area contributed by atoms with Gasteiger partial charge in [0.25, 0.3) is 0 Å². The van der Waals surface area contributed by atoms with E-state index in [1.54, 1.807) is 26.0 Å². The fraction of sp³-hybridized carbons (Fsp3) is 0.474. The molecule has 0 aliphatic carbocycles. The van der Waals surface area contributed by atoms with Crippen LogP contribution in [0, 0.1) is 5.92 Å². The van der Waals surface area contributed by atoms with Crippen LogP contribution in [0.2, 0.25) is 0 Å². The van der Waals surface area contributed by atoms with Crippen molar-refractivity contribution in [2.75, 3.05) is 12.3 Å². The van der Waals surface area contributed by atoms with Gasteiger partial charge in [0.15, 0.2) is 0 Å². The number of aliphatic carboxylic acids is 1. The molecule has 3 amide bonds. The van der Waals surface area contributed by atoms with Crippen molar-refractivity contribution in [3.05, 3.63) is 29.8 Å². The Morgan fingerprint density at radius 1 is 1.03 bits per heavy atom. The molecule has 0 bridgehead atoms. The van der Waals surface area contributed by atoms with E-state index in [-0.39, 0.29) is 23.8 Å². The van der Waals surface area contributed by atoms with Crippen LogP contribution in [0.3, 0.4) is 0 Å². The first-order valence-electron chi connectivity index (χ1n) is 9.29. The number of nitrogens with two attached hydrogens (primary N) is 1. The molecule has 0 aliphatic rings. The van der Waals surface area contributed by atoms with Gasteiger partial charge in [0, 0.05) is 12.2 Å². The summed E-state index contributed by atoms with van der Waals surface area (Å²) in [6.45, 7) is 2.83. The van der Waals surface area contributed by atoms with E-state index >= 15 is 0 Å². The van der Waals surface area contributed by atoms with Crippen molar-refractivity contribution < 1.29 is 29.4 Å². The number of hydrogen-bond acceptors (Lipinski definition) is 7. The van der Waals surface area contributed by atoms with Gasteiger partial charge in [0.2, 0.25) is 17.7 Å². The van der Waals surface area contributed by atoms with Crippen molar-refractivity contribution in [1.82, 2.24) is 16.0 Å². The van der Waals surface area contributed by atoms with Crippen molar-refractivity contribution in [3.63, 3.8) is 0 Å². The topological polar surface area (TPSA) is 171 Å². The highest BCUT2D eigenvalue weighted by atomic mass is 32.1. The Kier molecular flexibility index (Phi) is 10.1.